The Hall–Kier alpha value is -1.13. The van der Waals surface area contributed by atoms with Gasteiger partial charge in [0, 0.05) is 29.2 Å². The Bertz CT molecular complexity index is 457. The lowest BCUT2D eigenvalue weighted by molar-refractivity contribution is -0.385. The summed E-state index contributed by atoms with van der Waals surface area (Å²) in [7, 11) is 0. The zero-order valence-corrected chi connectivity index (χ0v) is 11.8. The van der Waals surface area contributed by atoms with E-state index < -0.39 is 0 Å². The number of nitro benzene ring substituents is 1. The van der Waals surface area contributed by atoms with Gasteiger partial charge in [0.15, 0.2) is 0 Å². The number of benzene rings is 1. The van der Waals surface area contributed by atoms with Crippen molar-refractivity contribution in [2.75, 3.05) is 0 Å². The van der Waals surface area contributed by atoms with Crippen LogP contribution in [0, 0.1) is 16.0 Å². The first-order valence-electron chi connectivity index (χ1n) is 6.72. The van der Waals surface area contributed by atoms with E-state index in [0.29, 0.717) is 23.2 Å². The van der Waals surface area contributed by atoms with Crippen molar-refractivity contribution in [3.8, 4) is 0 Å². The molecular formula is C14H19ClN2O2. The second kappa shape index (κ2) is 6.35. The van der Waals surface area contributed by atoms with Crippen LogP contribution >= 0.6 is 11.6 Å². The molecule has 1 aromatic carbocycles. The van der Waals surface area contributed by atoms with Crippen LogP contribution in [0.2, 0.25) is 5.02 Å². The van der Waals surface area contributed by atoms with E-state index in [1.165, 1.54) is 18.9 Å². The molecule has 1 fully saturated rings. The van der Waals surface area contributed by atoms with Gasteiger partial charge in [-0.15, -0.1) is 0 Å². The van der Waals surface area contributed by atoms with Crippen LogP contribution in [0.5, 0.6) is 0 Å². The van der Waals surface area contributed by atoms with Gasteiger partial charge < -0.3 is 5.32 Å². The first kappa shape index (κ1) is 14.3. The largest absolute Gasteiger partial charge is 0.310 e. The normalized spacial score (nSPS) is 23.3. The lowest BCUT2D eigenvalue weighted by Crippen LogP contribution is -2.32. The van der Waals surface area contributed by atoms with Crippen molar-refractivity contribution in [3.63, 3.8) is 0 Å². The Balaban J connectivity index is 1.97. The van der Waals surface area contributed by atoms with Crippen molar-refractivity contribution < 1.29 is 4.92 Å². The van der Waals surface area contributed by atoms with Gasteiger partial charge in [-0.05, 0) is 43.7 Å². The summed E-state index contributed by atoms with van der Waals surface area (Å²) >= 11 is 5.80. The molecule has 0 bridgehead atoms. The molecule has 0 saturated heterocycles. The third kappa shape index (κ3) is 3.91. The summed E-state index contributed by atoms with van der Waals surface area (Å²) in [5.41, 5.74) is 0.803. The second-order valence-electron chi connectivity index (χ2n) is 5.37. The Morgan fingerprint density at radius 2 is 2.05 bits per heavy atom. The van der Waals surface area contributed by atoms with Crippen molar-refractivity contribution in [1.82, 2.24) is 5.32 Å². The molecule has 2 rings (SSSR count). The number of nitrogens with one attached hydrogen (secondary N) is 1. The number of halogens is 1. The minimum atomic E-state index is -0.369. The Labute approximate surface area is 118 Å². The molecule has 0 atom stereocenters. The fourth-order valence-corrected chi connectivity index (χ4v) is 2.74. The van der Waals surface area contributed by atoms with Crippen LogP contribution in [0.3, 0.4) is 0 Å². The van der Waals surface area contributed by atoms with E-state index in [4.69, 9.17) is 11.6 Å². The first-order valence-corrected chi connectivity index (χ1v) is 7.10. The maximum absolute atomic E-state index is 11.0. The summed E-state index contributed by atoms with van der Waals surface area (Å²) in [5, 5.41) is 14.8. The molecule has 1 N–H and O–H groups in total. The van der Waals surface area contributed by atoms with Gasteiger partial charge in [-0.1, -0.05) is 18.5 Å². The fraction of sp³-hybridized carbons (Fsp3) is 0.571. The van der Waals surface area contributed by atoms with Gasteiger partial charge in [0.05, 0.1) is 4.92 Å². The number of hydrogen-bond acceptors (Lipinski definition) is 3. The predicted octanol–water partition coefficient (Wildman–Crippen LogP) is 3.92. The maximum Gasteiger partial charge on any atom is 0.275 e. The highest BCUT2D eigenvalue weighted by Crippen LogP contribution is 2.26. The fourth-order valence-electron chi connectivity index (χ4n) is 2.57. The van der Waals surface area contributed by atoms with Gasteiger partial charge >= 0.3 is 0 Å². The van der Waals surface area contributed by atoms with E-state index >= 15 is 0 Å². The third-order valence-electron chi connectivity index (χ3n) is 3.84. The van der Waals surface area contributed by atoms with Crippen molar-refractivity contribution >= 4 is 17.3 Å². The third-order valence-corrected chi connectivity index (χ3v) is 4.08. The van der Waals surface area contributed by atoms with Crippen LogP contribution < -0.4 is 5.32 Å². The zero-order valence-electron chi connectivity index (χ0n) is 11.1. The van der Waals surface area contributed by atoms with Gasteiger partial charge in [0.2, 0.25) is 0 Å². The predicted molar refractivity (Wildman–Crippen MR) is 76.4 cm³/mol. The van der Waals surface area contributed by atoms with Crippen LogP contribution in [0.4, 0.5) is 5.69 Å². The van der Waals surface area contributed by atoms with E-state index in [9.17, 15) is 10.1 Å². The quantitative estimate of drug-likeness (QED) is 0.673. The van der Waals surface area contributed by atoms with Crippen LogP contribution in [0.1, 0.15) is 38.2 Å². The first-order chi connectivity index (χ1) is 9.06. The molecule has 1 saturated carbocycles. The molecule has 0 heterocycles. The molecular weight excluding hydrogens is 264 g/mol. The topological polar surface area (TPSA) is 55.2 Å². The monoisotopic (exact) mass is 282 g/mol. The summed E-state index contributed by atoms with van der Waals surface area (Å²) < 4.78 is 0. The van der Waals surface area contributed by atoms with Crippen LogP contribution in [0.25, 0.3) is 0 Å². The molecule has 0 radical (unpaired) electrons. The smallest absolute Gasteiger partial charge is 0.275 e. The Kier molecular flexibility index (Phi) is 4.77. The summed E-state index contributed by atoms with van der Waals surface area (Å²) in [6.45, 7) is 2.81. The highest BCUT2D eigenvalue weighted by Gasteiger charge is 2.19. The minimum absolute atomic E-state index is 0.101. The van der Waals surface area contributed by atoms with Crippen molar-refractivity contribution in [2.24, 2.45) is 5.92 Å². The lowest BCUT2D eigenvalue weighted by atomic mass is 9.87. The lowest BCUT2D eigenvalue weighted by Gasteiger charge is -2.27. The van der Waals surface area contributed by atoms with E-state index in [1.54, 1.807) is 12.1 Å². The number of nitro groups is 1. The number of hydrogen-bond donors (Lipinski definition) is 1. The van der Waals surface area contributed by atoms with E-state index in [2.05, 4.69) is 12.2 Å². The zero-order chi connectivity index (χ0) is 13.8. The SMILES string of the molecule is CC1CCC(NCc2ccc(Cl)cc2[N+](=O)[O-])CC1. The van der Waals surface area contributed by atoms with Gasteiger partial charge in [-0.3, -0.25) is 10.1 Å². The van der Waals surface area contributed by atoms with Crippen molar-refractivity contribution in [3.05, 3.63) is 38.9 Å². The maximum atomic E-state index is 11.0. The molecule has 1 aliphatic rings. The van der Waals surface area contributed by atoms with Gasteiger partial charge in [0.25, 0.3) is 5.69 Å². The van der Waals surface area contributed by atoms with E-state index in [1.807, 2.05) is 0 Å². The molecule has 1 aromatic rings. The summed E-state index contributed by atoms with van der Waals surface area (Å²) in [6, 6.07) is 5.33. The summed E-state index contributed by atoms with van der Waals surface area (Å²) in [6.07, 6.45) is 4.78. The molecule has 0 unspecified atom stereocenters. The van der Waals surface area contributed by atoms with Crippen molar-refractivity contribution in [2.45, 2.75) is 45.2 Å². The highest BCUT2D eigenvalue weighted by atomic mass is 35.5. The number of nitrogens with zero attached hydrogens (tertiary/aromatic N) is 1. The van der Waals surface area contributed by atoms with Crippen molar-refractivity contribution in [1.29, 1.82) is 0 Å². The van der Waals surface area contributed by atoms with Crippen LogP contribution in [-0.2, 0) is 6.54 Å². The average molecular weight is 283 g/mol. The van der Waals surface area contributed by atoms with Gasteiger partial charge in [-0.2, -0.15) is 0 Å². The minimum Gasteiger partial charge on any atom is -0.310 e. The van der Waals surface area contributed by atoms with E-state index in [0.717, 1.165) is 18.8 Å². The molecule has 5 heteroatoms. The van der Waals surface area contributed by atoms with Crippen LogP contribution in [-0.4, -0.2) is 11.0 Å². The second-order valence-corrected chi connectivity index (χ2v) is 5.80. The van der Waals surface area contributed by atoms with Gasteiger partial charge in [-0.25, -0.2) is 0 Å². The molecule has 1 aliphatic carbocycles. The average Bonchev–Trinajstić information content (AvgIpc) is 2.39. The molecule has 4 nitrogen and oxygen atoms in total. The molecule has 19 heavy (non-hydrogen) atoms. The molecule has 0 amide bonds. The van der Waals surface area contributed by atoms with Gasteiger partial charge in [0.1, 0.15) is 0 Å². The molecule has 0 aromatic heterocycles. The standard InChI is InChI=1S/C14H19ClN2O2/c1-10-2-6-13(7-3-10)16-9-11-4-5-12(15)8-14(11)17(18)19/h4-5,8,10,13,16H,2-3,6-7,9H2,1H3. The summed E-state index contributed by atoms with van der Waals surface area (Å²) in [5.74, 6) is 0.808. The molecule has 0 aliphatic heterocycles. The number of rotatable bonds is 4. The van der Waals surface area contributed by atoms with E-state index in [-0.39, 0.29) is 10.6 Å². The molecule has 104 valence electrons. The highest BCUT2D eigenvalue weighted by molar-refractivity contribution is 6.30. The Morgan fingerprint density at radius 3 is 2.68 bits per heavy atom. The summed E-state index contributed by atoms with van der Waals surface area (Å²) in [4.78, 5) is 10.6. The molecule has 0 spiro atoms. The Morgan fingerprint density at radius 1 is 1.37 bits per heavy atom. The van der Waals surface area contributed by atoms with Crippen LogP contribution in [0.15, 0.2) is 18.2 Å².